The molecule has 2 N–H and O–H groups in total. The first-order valence-corrected chi connectivity index (χ1v) is 6.63. The van der Waals surface area contributed by atoms with Crippen LogP contribution in [-0.2, 0) is 4.74 Å². The molecule has 1 saturated heterocycles. The van der Waals surface area contributed by atoms with Gasteiger partial charge in [0, 0.05) is 6.54 Å². The van der Waals surface area contributed by atoms with E-state index < -0.39 is 5.60 Å². The topological polar surface area (TPSA) is 50.4 Å². The maximum absolute atomic E-state index is 11.6. The van der Waals surface area contributed by atoms with Crippen molar-refractivity contribution in [3.8, 4) is 0 Å². The summed E-state index contributed by atoms with van der Waals surface area (Å²) in [4.78, 5) is 11.6. The van der Waals surface area contributed by atoms with Crippen molar-refractivity contribution in [2.45, 2.75) is 39.2 Å². The molecule has 4 heteroatoms. The Kier molecular flexibility index (Phi) is 3.61. The minimum atomic E-state index is -0.406. The van der Waals surface area contributed by atoms with Gasteiger partial charge in [0.25, 0.3) is 0 Å². The lowest BCUT2D eigenvalue weighted by Crippen LogP contribution is -2.44. The lowest BCUT2D eigenvalue weighted by atomic mass is 9.86. The molecule has 0 radical (unpaired) electrons. The van der Waals surface area contributed by atoms with E-state index in [-0.39, 0.29) is 6.09 Å². The molecule has 1 aliphatic carbocycles. The molecule has 1 saturated carbocycles. The maximum Gasteiger partial charge on any atom is 0.407 e. The highest BCUT2D eigenvalue weighted by molar-refractivity contribution is 5.67. The summed E-state index contributed by atoms with van der Waals surface area (Å²) in [5.41, 5.74) is -0.406. The lowest BCUT2D eigenvalue weighted by molar-refractivity contribution is 0.0506. The van der Waals surface area contributed by atoms with Crippen LogP contribution in [0.3, 0.4) is 0 Å². The van der Waals surface area contributed by atoms with Gasteiger partial charge in [-0.2, -0.15) is 0 Å². The smallest absolute Gasteiger partial charge is 0.407 e. The Morgan fingerprint density at radius 2 is 1.88 bits per heavy atom. The number of carbonyl (C=O) groups excluding carboxylic acids is 1. The SMILES string of the molecule is CC(C)(C)OC(=O)NCC1[C@@H]2CC[C@H]1CNC2. The summed E-state index contributed by atoms with van der Waals surface area (Å²) in [5, 5.41) is 6.38. The number of ether oxygens (including phenoxy) is 1. The first-order chi connectivity index (χ1) is 7.96. The molecular formula is C13H24N2O2. The van der Waals surface area contributed by atoms with Crippen molar-refractivity contribution in [1.82, 2.24) is 10.6 Å². The molecule has 2 aliphatic rings. The van der Waals surface area contributed by atoms with Crippen LogP contribution in [0.15, 0.2) is 0 Å². The number of carbonyl (C=O) groups is 1. The number of hydrogen-bond acceptors (Lipinski definition) is 3. The molecule has 1 unspecified atom stereocenters. The summed E-state index contributed by atoms with van der Waals surface area (Å²) in [5.74, 6) is 2.12. The standard InChI is InChI=1S/C13H24N2O2/c1-13(2,3)17-12(16)15-8-11-9-4-5-10(11)7-14-6-9/h9-11,14H,4-8H2,1-3H3,(H,15,16)/t9-,10+,11?. The molecule has 0 aromatic rings. The monoisotopic (exact) mass is 240 g/mol. The van der Waals surface area contributed by atoms with Gasteiger partial charge in [-0.05, 0) is 64.5 Å². The molecular weight excluding hydrogens is 216 g/mol. The van der Waals surface area contributed by atoms with E-state index in [9.17, 15) is 4.79 Å². The second-order valence-electron chi connectivity index (χ2n) is 6.30. The van der Waals surface area contributed by atoms with Gasteiger partial charge in [0.2, 0.25) is 0 Å². The third kappa shape index (κ3) is 3.35. The molecule has 98 valence electrons. The minimum Gasteiger partial charge on any atom is -0.444 e. The molecule has 0 aromatic carbocycles. The fourth-order valence-corrected chi connectivity index (χ4v) is 3.05. The Morgan fingerprint density at radius 1 is 1.29 bits per heavy atom. The highest BCUT2D eigenvalue weighted by Crippen LogP contribution is 2.38. The third-order valence-corrected chi connectivity index (χ3v) is 3.81. The van der Waals surface area contributed by atoms with Crippen LogP contribution in [-0.4, -0.2) is 31.3 Å². The molecule has 1 heterocycles. The fourth-order valence-electron chi connectivity index (χ4n) is 3.05. The first kappa shape index (κ1) is 12.7. The average Bonchev–Trinajstić information content (AvgIpc) is 2.44. The largest absolute Gasteiger partial charge is 0.444 e. The Bertz CT molecular complexity index is 270. The van der Waals surface area contributed by atoms with Crippen molar-refractivity contribution in [1.29, 1.82) is 0 Å². The van der Waals surface area contributed by atoms with Crippen LogP contribution in [0.5, 0.6) is 0 Å². The number of piperidine rings is 1. The molecule has 2 fully saturated rings. The van der Waals surface area contributed by atoms with E-state index in [1.165, 1.54) is 12.8 Å². The van der Waals surface area contributed by atoms with E-state index in [0.29, 0.717) is 5.92 Å². The molecule has 2 rings (SSSR count). The van der Waals surface area contributed by atoms with Gasteiger partial charge < -0.3 is 15.4 Å². The molecule has 3 atom stereocenters. The van der Waals surface area contributed by atoms with E-state index in [2.05, 4.69) is 10.6 Å². The zero-order chi connectivity index (χ0) is 12.5. The van der Waals surface area contributed by atoms with Crippen molar-refractivity contribution >= 4 is 6.09 Å². The normalized spacial score (nSPS) is 32.3. The summed E-state index contributed by atoms with van der Waals surface area (Å²) in [6, 6.07) is 0. The molecule has 1 aliphatic heterocycles. The molecule has 2 bridgehead atoms. The van der Waals surface area contributed by atoms with E-state index in [0.717, 1.165) is 31.5 Å². The Hall–Kier alpha value is -0.770. The van der Waals surface area contributed by atoms with Crippen LogP contribution in [0.25, 0.3) is 0 Å². The van der Waals surface area contributed by atoms with Crippen molar-refractivity contribution in [2.75, 3.05) is 19.6 Å². The Labute approximate surface area is 103 Å². The summed E-state index contributed by atoms with van der Waals surface area (Å²) in [7, 11) is 0. The Balaban J connectivity index is 1.77. The fraction of sp³-hybridized carbons (Fsp3) is 0.923. The Morgan fingerprint density at radius 3 is 2.41 bits per heavy atom. The predicted molar refractivity (Wildman–Crippen MR) is 66.8 cm³/mol. The molecule has 0 spiro atoms. The number of alkyl carbamates (subject to hydrolysis) is 1. The minimum absolute atomic E-state index is 0.282. The van der Waals surface area contributed by atoms with E-state index in [1.807, 2.05) is 20.8 Å². The van der Waals surface area contributed by atoms with Crippen molar-refractivity contribution < 1.29 is 9.53 Å². The quantitative estimate of drug-likeness (QED) is 0.773. The van der Waals surface area contributed by atoms with Gasteiger partial charge >= 0.3 is 6.09 Å². The van der Waals surface area contributed by atoms with Crippen LogP contribution in [0.4, 0.5) is 4.79 Å². The number of nitrogens with one attached hydrogen (secondary N) is 2. The number of amides is 1. The zero-order valence-electron chi connectivity index (χ0n) is 11.1. The number of hydrogen-bond donors (Lipinski definition) is 2. The third-order valence-electron chi connectivity index (χ3n) is 3.81. The average molecular weight is 240 g/mol. The van der Waals surface area contributed by atoms with Gasteiger partial charge in [0.15, 0.2) is 0 Å². The predicted octanol–water partition coefficient (Wildman–Crippen LogP) is 1.76. The number of fused-ring (bicyclic) bond motifs is 2. The van der Waals surface area contributed by atoms with Gasteiger partial charge in [-0.1, -0.05) is 0 Å². The zero-order valence-corrected chi connectivity index (χ0v) is 11.1. The van der Waals surface area contributed by atoms with Crippen molar-refractivity contribution in [3.63, 3.8) is 0 Å². The van der Waals surface area contributed by atoms with Crippen molar-refractivity contribution in [3.05, 3.63) is 0 Å². The van der Waals surface area contributed by atoms with Gasteiger partial charge in [0.1, 0.15) is 5.60 Å². The van der Waals surface area contributed by atoms with E-state index in [4.69, 9.17) is 4.74 Å². The second kappa shape index (κ2) is 4.84. The van der Waals surface area contributed by atoms with Crippen LogP contribution in [0.2, 0.25) is 0 Å². The van der Waals surface area contributed by atoms with Gasteiger partial charge in [-0.15, -0.1) is 0 Å². The maximum atomic E-state index is 11.6. The summed E-state index contributed by atoms with van der Waals surface area (Å²) < 4.78 is 5.25. The summed E-state index contributed by atoms with van der Waals surface area (Å²) in [6.07, 6.45) is 2.33. The molecule has 0 aromatic heterocycles. The van der Waals surface area contributed by atoms with Crippen LogP contribution < -0.4 is 10.6 Å². The number of rotatable bonds is 2. The molecule has 17 heavy (non-hydrogen) atoms. The highest BCUT2D eigenvalue weighted by Gasteiger charge is 2.38. The van der Waals surface area contributed by atoms with Crippen LogP contribution in [0.1, 0.15) is 33.6 Å². The highest BCUT2D eigenvalue weighted by atomic mass is 16.6. The molecule has 1 amide bonds. The van der Waals surface area contributed by atoms with Gasteiger partial charge in [-0.3, -0.25) is 0 Å². The van der Waals surface area contributed by atoms with E-state index >= 15 is 0 Å². The van der Waals surface area contributed by atoms with E-state index in [1.54, 1.807) is 0 Å². The summed E-state index contributed by atoms with van der Waals surface area (Å²) in [6.45, 7) is 8.66. The summed E-state index contributed by atoms with van der Waals surface area (Å²) >= 11 is 0. The first-order valence-electron chi connectivity index (χ1n) is 6.63. The van der Waals surface area contributed by atoms with Gasteiger partial charge in [-0.25, -0.2) is 4.79 Å². The molecule has 4 nitrogen and oxygen atoms in total. The van der Waals surface area contributed by atoms with Crippen molar-refractivity contribution in [2.24, 2.45) is 17.8 Å². The van der Waals surface area contributed by atoms with Crippen LogP contribution >= 0.6 is 0 Å². The lowest BCUT2D eigenvalue weighted by Gasteiger charge is -2.31. The van der Waals surface area contributed by atoms with Gasteiger partial charge in [0.05, 0.1) is 0 Å². The van der Waals surface area contributed by atoms with Crippen LogP contribution in [0, 0.1) is 17.8 Å². The second-order valence-corrected chi connectivity index (χ2v) is 6.30.